The van der Waals surface area contributed by atoms with Crippen molar-refractivity contribution < 1.29 is 9.15 Å². The van der Waals surface area contributed by atoms with Crippen molar-refractivity contribution in [2.45, 2.75) is 0 Å². The van der Waals surface area contributed by atoms with E-state index < -0.39 is 0 Å². The number of methoxy groups -OCH3 is 1. The van der Waals surface area contributed by atoms with Crippen molar-refractivity contribution >= 4 is 11.0 Å². The largest absolute Gasteiger partial charge is 0.497 e. The van der Waals surface area contributed by atoms with Crippen LogP contribution in [0.1, 0.15) is 0 Å². The van der Waals surface area contributed by atoms with E-state index >= 15 is 0 Å². The van der Waals surface area contributed by atoms with E-state index in [1.165, 1.54) is 6.33 Å². The summed E-state index contributed by atoms with van der Waals surface area (Å²) in [6.07, 6.45) is 5.14. The molecule has 0 radical (unpaired) electrons. The highest BCUT2D eigenvalue weighted by Crippen LogP contribution is 2.31. The van der Waals surface area contributed by atoms with Gasteiger partial charge in [-0.2, -0.15) is 0 Å². The molecule has 0 saturated heterocycles. The summed E-state index contributed by atoms with van der Waals surface area (Å²) >= 11 is 0. The van der Waals surface area contributed by atoms with Gasteiger partial charge in [0.15, 0.2) is 0 Å². The first kappa shape index (κ1) is 13.5. The van der Waals surface area contributed by atoms with Crippen molar-refractivity contribution in [3.05, 3.63) is 67.3 Å². The first-order chi connectivity index (χ1) is 11.3. The summed E-state index contributed by atoms with van der Waals surface area (Å²) in [7, 11) is 1.66. The van der Waals surface area contributed by atoms with E-state index in [4.69, 9.17) is 9.15 Å². The van der Waals surface area contributed by atoms with Crippen LogP contribution < -0.4 is 4.74 Å². The van der Waals surface area contributed by atoms with E-state index in [-0.39, 0.29) is 0 Å². The third-order valence-electron chi connectivity index (χ3n) is 3.78. The predicted molar refractivity (Wildman–Crippen MR) is 89.2 cm³/mol. The van der Waals surface area contributed by atoms with Crippen LogP contribution in [0.5, 0.6) is 5.75 Å². The van der Waals surface area contributed by atoms with E-state index in [0.29, 0.717) is 0 Å². The van der Waals surface area contributed by atoms with Gasteiger partial charge in [0.2, 0.25) is 0 Å². The fourth-order valence-corrected chi connectivity index (χ4v) is 2.57. The molecule has 0 saturated carbocycles. The van der Waals surface area contributed by atoms with E-state index in [1.54, 1.807) is 19.5 Å². The summed E-state index contributed by atoms with van der Waals surface area (Å²) in [6.45, 7) is 0. The van der Waals surface area contributed by atoms with Gasteiger partial charge < -0.3 is 9.15 Å². The maximum Gasteiger partial charge on any atom is 0.135 e. The minimum Gasteiger partial charge on any atom is -0.497 e. The monoisotopic (exact) mass is 302 g/mol. The lowest BCUT2D eigenvalue weighted by Crippen LogP contribution is -1.81. The summed E-state index contributed by atoms with van der Waals surface area (Å²) in [6, 6.07) is 16.0. The minimum absolute atomic E-state index is 0.830. The van der Waals surface area contributed by atoms with Crippen LogP contribution in [0, 0.1) is 0 Å². The molecule has 0 amide bonds. The van der Waals surface area contributed by atoms with Crippen LogP contribution in [0.4, 0.5) is 0 Å². The number of ether oxygens (including phenoxy) is 1. The van der Waals surface area contributed by atoms with Gasteiger partial charge in [-0.25, -0.2) is 9.97 Å². The average Bonchev–Trinajstić information content (AvgIpc) is 3.06. The molecule has 0 unspecified atom stereocenters. The summed E-state index contributed by atoms with van der Waals surface area (Å²) in [5, 5.41) is 1.05. The maximum atomic E-state index is 5.95. The number of nitrogens with zero attached hydrogens (tertiary/aromatic N) is 2. The van der Waals surface area contributed by atoms with Crippen molar-refractivity contribution in [3.8, 4) is 28.2 Å². The number of furan rings is 1. The van der Waals surface area contributed by atoms with Gasteiger partial charge >= 0.3 is 0 Å². The van der Waals surface area contributed by atoms with E-state index in [1.807, 2.05) is 42.5 Å². The smallest absolute Gasteiger partial charge is 0.135 e. The molecule has 0 spiro atoms. The van der Waals surface area contributed by atoms with E-state index in [9.17, 15) is 0 Å². The van der Waals surface area contributed by atoms with Crippen LogP contribution in [-0.2, 0) is 0 Å². The van der Waals surface area contributed by atoms with Crippen LogP contribution in [0.2, 0.25) is 0 Å². The predicted octanol–water partition coefficient (Wildman–Crippen LogP) is 4.57. The van der Waals surface area contributed by atoms with Crippen molar-refractivity contribution in [1.29, 1.82) is 0 Å². The summed E-state index contributed by atoms with van der Waals surface area (Å²) in [5.41, 5.74) is 3.93. The second kappa shape index (κ2) is 5.57. The Bertz CT molecular complexity index is 944. The average molecular weight is 302 g/mol. The number of hydrogen-bond donors (Lipinski definition) is 0. The zero-order chi connectivity index (χ0) is 15.6. The molecule has 4 aromatic rings. The zero-order valence-electron chi connectivity index (χ0n) is 12.6. The first-order valence-corrected chi connectivity index (χ1v) is 7.27. The SMILES string of the molecule is COc1ccc(-c2cc3cc(-c4cncnc4)ccc3o2)cc1. The molecule has 23 heavy (non-hydrogen) atoms. The van der Waals surface area contributed by atoms with Crippen LogP contribution in [0.15, 0.2) is 71.7 Å². The molecular formula is C19H14N2O2. The Labute approximate surface area is 133 Å². The van der Waals surface area contributed by atoms with Crippen LogP contribution in [0.3, 0.4) is 0 Å². The summed E-state index contributed by atoms with van der Waals surface area (Å²) in [4.78, 5) is 8.13. The van der Waals surface area contributed by atoms with Gasteiger partial charge in [0.25, 0.3) is 0 Å². The molecule has 2 aromatic carbocycles. The van der Waals surface area contributed by atoms with Gasteiger partial charge in [0.1, 0.15) is 23.4 Å². The minimum atomic E-state index is 0.830. The Morgan fingerprint density at radius 2 is 1.57 bits per heavy atom. The molecule has 0 N–H and O–H groups in total. The first-order valence-electron chi connectivity index (χ1n) is 7.27. The summed E-state index contributed by atoms with van der Waals surface area (Å²) < 4.78 is 11.1. The van der Waals surface area contributed by atoms with E-state index in [2.05, 4.69) is 16.0 Å². The number of rotatable bonds is 3. The Kier molecular flexibility index (Phi) is 3.27. The second-order valence-electron chi connectivity index (χ2n) is 5.22. The topological polar surface area (TPSA) is 48.2 Å². The highest BCUT2D eigenvalue weighted by atomic mass is 16.5. The van der Waals surface area contributed by atoms with Crippen molar-refractivity contribution in [1.82, 2.24) is 9.97 Å². The van der Waals surface area contributed by atoms with Gasteiger partial charge in [-0.3, -0.25) is 0 Å². The molecule has 112 valence electrons. The van der Waals surface area contributed by atoms with Gasteiger partial charge in [-0.05, 0) is 48.0 Å². The quantitative estimate of drug-likeness (QED) is 0.556. The number of benzene rings is 2. The molecule has 0 aliphatic carbocycles. The zero-order valence-corrected chi connectivity index (χ0v) is 12.6. The standard InChI is InChI=1S/C19H14N2O2/c1-22-17-5-2-13(3-6-17)19-9-15-8-14(4-7-18(15)23-19)16-10-20-12-21-11-16/h2-12H,1H3. The van der Waals surface area contributed by atoms with Crippen LogP contribution >= 0.6 is 0 Å². The lowest BCUT2D eigenvalue weighted by Gasteiger charge is -2.00. The Balaban J connectivity index is 1.75. The van der Waals surface area contributed by atoms with Gasteiger partial charge in [-0.15, -0.1) is 0 Å². The fraction of sp³-hybridized carbons (Fsp3) is 0.0526. The Morgan fingerprint density at radius 3 is 2.30 bits per heavy atom. The van der Waals surface area contributed by atoms with Crippen molar-refractivity contribution in [3.63, 3.8) is 0 Å². The van der Waals surface area contributed by atoms with Gasteiger partial charge in [0, 0.05) is 28.9 Å². The Hall–Kier alpha value is -3.14. The molecule has 4 heteroatoms. The molecule has 0 aliphatic rings. The fourth-order valence-electron chi connectivity index (χ4n) is 2.57. The molecule has 2 aromatic heterocycles. The number of hydrogen-bond acceptors (Lipinski definition) is 4. The van der Waals surface area contributed by atoms with Gasteiger partial charge in [-0.1, -0.05) is 6.07 Å². The van der Waals surface area contributed by atoms with E-state index in [0.717, 1.165) is 39.2 Å². The third kappa shape index (κ3) is 2.55. The normalized spacial score (nSPS) is 10.8. The maximum absolute atomic E-state index is 5.95. The molecule has 4 rings (SSSR count). The molecular weight excluding hydrogens is 288 g/mol. The number of aromatic nitrogens is 2. The highest BCUT2D eigenvalue weighted by Gasteiger charge is 2.08. The highest BCUT2D eigenvalue weighted by molar-refractivity contribution is 5.87. The third-order valence-corrected chi connectivity index (χ3v) is 3.78. The van der Waals surface area contributed by atoms with Crippen molar-refractivity contribution in [2.24, 2.45) is 0 Å². The Morgan fingerprint density at radius 1 is 0.826 bits per heavy atom. The van der Waals surface area contributed by atoms with Crippen LogP contribution in [-0.4, -0.2) is 17.1 Å². The van der Waals surface area contributed by atoms with Crippen LogP contribution in [0.25, 0.3) is 33.4 Å². The molecule has 0 bridgehead atoms. The molecule has 4 nitrogen and oxygen atoms in total. The number of fused-ring (bicyclic) bond motifs is 1. The van der Waals surface area contributed by atoms with Gasteiger partial charge in [0.05, 0.1) is 7.11 Å². The molecule has 2 heterocycles. The lowest BCUT2D eigenvalue weighted by atomic mass is 10.1. The summed E-state index contributed by atoms with van der Waals surface area (Å²) in [5.74, 6) is 1.67. The lowest BCUT2D eigenvalue weighted by molar-refractivity contribution is 0.415. The molecule has 0 atom stereocenters. The van der Waals surface area contributed by atoms with Crippen molar-refractivity contribution in [2.75, 3.05) is 7.11 Å². The molecule has 0 aliphatic heterocycles. The molecule has 0 fully saturated rings. The second-order valence-corrected chi connectivity index (χ2v) is 5.22.